The average molecular weight is 397 g/mol. The molecule has 0 unspecified atom stereocenters. The second-order valence-electron chi connectivity index (χ2n) is 9.39. The van der Waals surface area contributed by atoms with E-state index in [4.69, 9.17) is 0 Å². The molecule has 29 heavy (non-hydrogen) atoms. The molecule has 0 bridgehead atoms. The number of carbonyl (C=O) groups excluding carboxylic acids is 2. The van der Waals surface area contributed by atoms with E-state index in [1.165, 1.54) is 31.2 Å². The summed E-state index contributed by atoms with van der Waals surface area (Å²) in [5.41, 5.74) is 1.40. The summed E-state index contributed by atoms with van der Waals surface area (Å²) in [5, 5.41) is 0. The van der Waals surface area contributed by atoms with Gasteiger partial charge in [-0.05, 0) is 50.0 Å². The fourth-order valence-electron chi connectivity index (χ4n) is 5.56. The number of benzene rings is 1. The van der Waals surface area contributed by atoms with Crippen LogP contribution >= 0.6 is 0 Å². The summed E-state index contributed by atoms with van der Waals surface area (Å²) < 4.78 is 0. The number of hydrogen-bond acceptors (Lipinski definition) is 2. The maximum atomic E-state index is 13.2. The van der Waals surface area contributed by atoms with E-state index < -0.39 is 0 Å². The van der Waals surface area contributed by atoms with E-state index in [-0.39, 0.29) is 11.8 Å². The number of nitrogens with zero attached hydrogens (tertiary/aromatic N) is 2. The number of piperidine rings is 2. The van der Waals surface area contributed by atoms with E-state index in [9.17, 15) is 9.59 Å². The molecule has 1 saturated carbocycles. The van der Waals surface area contributed by atoms with Crippen molar-refractivity contribution in [3.63, 3.8) is 0 Å². The van der Waals surface area contributed by atoms with Crippen molar-refractivity contribution in [3.8, 4) is 0 Å². The van der Waals surface area contributed by atoms with E-state index in [1.807, 2.05) is 0 Å². The number of hydrogen-bond donors (Lipinski definition) is 0. The third-order valence-electron chi connectivity index (χ3n) is 7.35. The van der Waals surface area contributed by atoms with E-state index in [1.54, 1.807) is 0 Å². The molecule has 1 aliphatic carbocycles. The summed E-state index contributed by atoms with van der Waals surface area (Å²) in [6, 6.07) is 11.1. The molecule has 2 amide bonds. The number of rotatable bonds is 4. The highest BCUT2D eigenvalue weighted by Gasteiger charge is 2.36. The van der Waals surface area contributed by atoms with Crippen molar-refractivity contribution < 1.29 is 9.59 Å². The van der Waals surface area contributed by atoms with Gasteiger partial charge in [0.15, 0.2) is 0 Å². The highest BCUT2D eigenvalue weighted by molar-refractivity contribution is 5.84. The van der Waals surface area contributed by atoms with Gasteiger partial charge in [-0.15, -0.1) is 0 Å². The van der Waals surface area contributed by atoms with Crippen molar-refractivity contribution in [2.24, 2.45) is 11.8 Å². The fraction of sp³-hybridized carbons (Fsp3) is 0.680. The lowest BCUT2D eigenvalue weighted by molar-refractivity contribution is -0.145. The Bertz CT molecular complexity index is 673. The summed E-state index contributed by atoms with van der Waals surface area (Å²) in [7, 11) is 0. The van der Waals surface area contributed by atoms with Crippen LogP contribution in [0.5, 0.6) is 0 Å². The second kappa shape index (κ2) is 9.77. The smallest absolute Gasteiger partial charge is 0.227 e. The van der Waals surface area contributed by atoms with E-state index in [0.717, 1.165) is 51.6 Å². The van der Waals surface area contributed by atoms with Crippen LogP contribution in [0.3, 0.4) is 0 Å². The first-order chi connectivity index (χ1) is 14.2. The van der Waals surface area contributed by atoms with Crippen LogP contribution in [0.4, 0.5) is 0 Å². The van der Waals surface area contributed by atoms with E-state index >= 15 is 0 Å². The lowest BCUT2D eigenvalue weighted by atomic mass is 9.88. The topological polar surface area (TPSA) is 40.6 Å². The van der Waals surface area contributed by atoms with Gasteiger partial charge in [-0.25, -0.2) is 0 Å². The van der Waals surface area contributed by atoms with Crippen molar-refractivity contribution in [1.29, 1.82) is 0 Å². The van der Waals surface area contributed by atoms with E-state index in [0.29, 0.717) is 30.8 Å². The lowest BCUT2D eigenvalue weighted by Crippen LogP contribution is -2.51. The molecule has 0 radical (unpaired) electrons. The summed E-state index contributed by atoms with van der Waals surface area (Å²) in [6.45, 7) is 2.42. The molecule has 4 nitrogen and oxygen atoms in total. The van der Waals surface area contributed by atoms with Gasteiger partial charge >= 0.3 is 0 Å². The summed E-state index contributed by atoms with van der Waals surface area (Å²) in [4.78, 5) is 30.0. The number of likely N-dealkylation sites (tertiary alicyclic amines) is 2. The number of amides is 2. The van der Waals surface area contributed by atoms with Crippen LogP contribution in [-0.2, 0) is 16.0 Å². The second-order valence-corrected chi connectivity index (χ2v) is 9.39. The minimum Gasteiger partial charge on any atom is -0.342 e. The molecule has 1 aromatic carbocycles. The van der Waals surface area contributed by atoms with Gasteiger partial charge < -0.3 is 9.80 Å². The molecule has 2 saturated heterocycles. The van der Waals surface area contributed by atoms with Crippen molar-refractivity contribution >= 4 is 11.8 Å². The summed E-state index contributed by atoms with van der Waals surface area (Å²) in [5.74, 6) is 1.27. The van der Waals surface area contributed by atoms with Crippen LogP contribution < -0.4 is 0 Å². The van der Waals surface area contributed by atoms with Gasteiger partial charge in [0.1, 0.15) is 0 Å². The standard InChI is InChI=1S/C25H36N2O2/c28-24-13-12-22(19-27(24)23-10-6-1-2-7-11-23)25(29)26-16-14-21(15-17-26)18-20-8-4-3-5-9-20/h3-5,8-9,21-23H,1-2,6-7,10-19H2/t22-/m0/s1. The Morgan fingerprint density at radius 2 is 1.59 bits per heavy atom. The highest BCUT2D eigenvalue weighted by atomic mass is 16.2. The Balaban J connectivity index is 1.29. The maximum Gasteiger partial charge on any atom is 0.227 e. The molecule has 3 fully saturated rings. The van der Waals surface area contributed by atoms with Gasteiger partial charge in [0.05, 0.1) is 5.92 Å². The molecule has 158 valence electrons. The minimum absolute atomic E-state index is 0.0154. The Morgan fingerprint density at radius 3 is 2.28 bits per heavy atom. The Labute approximate surface area is 175 Å². The molecule has 2 aliphatic heterocycles. The predicted molar refractivity (Wildman–Crippen MR) is 115 cm³/mol. The molecule has 1 aromatic rings. The number of carbonyl (C=O) groups is 2. The van der Waals surface area contributed by atoms with Crippen LogP contribution in [0, 0.1) is 11.8 Å². The zero-order valence-electron chi connectivity index (χ0n) is 17.7. The van der Waals surface area contributed by atoms with Gasteiger partial charge in [0.25, 0.3) is 0 Å². The van der Waals surface area contributed by atoms with Crippen molar-refractivity contribution in [2.45, 2.75) is 76.7 Å². The molecular formula is C25H36N2O2. The molecule has 4 rings (SSSR count). The third kappa shape index (κ3) is 5.21. The first-order valence-electron chi connectivity index (χ1n) is 11.8. The van der Waals surface area contributed by atoms with Crippen LogP contribution in [-0.4, -0.2) is 47.3 Å². The minimum atomic E-state index is 0.0154. The van der Waals surface area contributed by atoms with Crippen molar-refractivity contribution in [1.82, 2.24) is 9.80 Å². The highest BCUT2D eigenvalue weighted by Crippen LogP contribution is 2.29. The lowest BCUT2D eigenvalue weighted by Gasteiger charge is -2.40. The zero-order valence-corrected chi connectivity index (χ0v) is 17.7. The first kappa shape index (κ1) is 20.4. The van der Waals surface area contributed by atoms with Gasteiger partial charge in [-0.1, -0.05) is 56.0 Å². The Morgan fingerprint density at radius 1 is 0.897 bits per heavy atom. The third-order valence-corrected chi connectivity index (χ3v) is 7.35. The van der Waals surface area contributed by atoms with Gasteiger partial charge in [0.2, 0.25) is 11.8 Å². The maximum absolute atomic E-state index is 13.2. The van der Waals surface area contributed by atoms with Gasteiger partial charge in [-0.2, -0.15) is 0 Å². The molecular weight excluding hydrogens is 360 g/mol. The summed E-state index contributed by atoms with van der Waals surface area (Å²) in [6.07, 6.45) is 11.9. The van der Waals surface area contributed by atoms with Crippen LogP contribution in [0.25, 0.3) is 0 Å². The van der Waals surface area contributed by atoms with Gasteiger partial charge in [0, 0.05) is 32.1 Å². The van der Waals surface area contributed by atoms with Crippen LogP contribution in [0.1, 0.15) is 69.8 Å². The van der Waals surface area contributed by atoms with Crippen LogP contribution in [0.15, 0.2) is 30.3 Å². The normalized spacial score (nSPS) is 25.1. The monoisotopic (exact) mass is 396 g/mol. The van der Waals surface area contributed by atoms with Gasteiger partial charge in [-0.3, -0.25) is 9.59 Å². The zero-order chi connectivity index (χ0) is 20.1. The molecule has 3 aliphatic rings. The Hall–Kier alpha value is -1.84. The quantitative estimate of drug-likeness (QED) is 0.707. The largest absolute Gasteiger partial charge is 0.342 e. The Kier molecular flexibility index (Phi) is 6.89. The van der Waals surface area contributed by atoms with Crippen molar-refractivity contribution in [2.75, 3.05) is 19.6 Å². The molecule has 0 N–H and O–H groups in total. The molecule has 0 aromatic heterocycles. The molecule has 2 heterocycles. The predicted octanol–water partition coefficient (Wildman–Crippen LogP) is 4.43. The summed E-state index contributed by atoms with van der Waals surface area (Å²) >= 11 is 0. The first-order valence-corrected chi connectivity index (χ1v) is 11.8. The average Bonchev–Trinajstić information content (AvgIpc) is 3.04. The molecule has 1 atom stereocenters. The SMILES string of the molecule is O=C([C@H]1CCC(=O)N(C2CCCCCC2)C1)N1CCC(Cc2ccccc2)CC1. The molecule has 4 heteroatoms. The fourth-order valence-corrected chi connectivity index (χ4v) is 5.56. The molecule has 0 spiro atoms. The van der Waals surface area contributed by atoms with Crippen molar-refractivity contribution in [3.05, 3.63) is 35.9 Å². The van der Waals surface area contributed by atoms with Crippen LogP contribution in [0.2, 0.25) is 0 Å². The van der Waals surface area contributed by atoms with E-state index in [2.05, 4.69) is 40.1 Å².